The highest BCUT2D eigenvalue weighted by atomic mass is 32.2. The second-order valence-electron chi connectivity index (χ2n) is 3.80. The average molecular weight is 280 g/mol. The highest BCUT2D eigenvalue weighted by Gasteiger charge is 2.18. The van der Waals surface area contributed by atoms with Crippen LogP contribution in [0, 0.1) is 0 Å². The van der Waals surface area contributed by atoms with Crippen LogP contribution < -0.4 is 16.4 Å². The van der Waals surface area contributed by atoms with E-state index in [1.807, 2.05) is 24.5 Å². The molecule has 0 fully saturated rings. The molecule has 0 amide bonds. The zero-order valence-electron chi connectivity index (χ0n) is 11.0. The Morgan fingerprint density at radius 2 is 2.26 bits per heavy atom. The van der Waals surface area contributed by atoms with Crippen molar-refractivity contribution in [3.05, 3.63) is 18.2 Å². The Morgan fingerprint density at radius 3 is 2.79 bits per heavy atom. The van der Waals surface area contributed by atoms with Gasteiger partial charge in [0.25, 0.3) is 0 Å². The van der Waals surface area contributed by atoms with E-state index in [1.54, 1.807) is 18.7 Å². The molecule has 4 N–H and O–H groups in total. The monoisotopic (exact) mass is 280 g/mol. The summed E-state index contributed by atoms with van der Waals surface area (Å²) in [6.07, 6.45) is 1.93. The molecule has 1 aromatic heterocycles. The third-order valence-electron chi connectivity index (χ3n) is 2.65. The summed E-state index contributed by atoms with van der Waals surface area (Å²) in [6.45, 7) is 0. The Kier molecular flexibility index (Phi) is 3.82. The summed E-state index contributed by atoms with van der Waals surface area (Å²) in [4.78, 5) is 4.54. The number of nitrogens with zero attached hydrogens (tertiary/aromatic N) is 4. The number of thioether (sulfide) groups is 1. The molecule has 0 aliphatic heterocycles. The number of hydrazine groups is 1. The van der Waals surface area contributed by atoms with Crippen molar-refractivity contribution in [2.24, 2.45) is 16.8 Å². The first-order valence-corrected chi connectivity index (χ1v) is 6.72. The van der Waals surface area contributed by atoms with Gasteiger partial charge in [-0.25, -0.2) is 10.8 Å². The first kappa shape index (κ1) is 13.5. The van der Waals surface area contributed by atoms with Crippen LogP contribution in [0.4, 0.5) is 0 Å². The predicted octanol–water partition coefficient (Wildman–Crippen LogP) is 0.650. The zero-order chi connectivity index (χ0) is 14.0. The van der Waals surface area contributed by atoms with Gasteiger partial charge < -0.3 is 10.6 Å². The molecule has 8 heteroatoms. The average Bonchev–Trinajstić information content (AvgIpc) is 2.78. The Balaban J connectivity index is 2.78. The normalized spacial score (nSPS) is 11.9. The van der Waals surface area contributed by atoms with Gasteiger partial charge in [0.05, 0.1) is 12.6 Å². The molecule has 1 heterocycles. The Labute approximate surface area is 115 Å². The van der Waals surface area contributed by atoms with Gasteiger partial charge in [0.1, 0.15) is 11.3 Å². The van der Waals surface area contributed by atoms with Crippen molar-refractivity contribution in [2.45, 2.75) is 5.16 Å². The van der Waals surface area contributed by atoms with Gasteiger partial charge in [-0.15, -0.1) is 5.10 Å². The second kappa shape index (κ2) is 5.37. The molecular formula is C11H16N6OS. The maximum Gasteiger partial charge on any atom is 0.243 e. The molecule has 0 atom stereocenters. The number of ether oxygens (including phenoxy) is 1. The number of imidazole rings is 1. The maximum atomic E-state index is 5.76. The first-order valence-electron chi connectivity index (χ1n) is 5.50. The van der Waals surface area contributed by atoms with Crippen LogP contribution in [0.1, 0.15) is 0 Å². The fraction of sp³-hybridized carbons (Fsp3) is 0.273. The van der Waals surface area contributed by atoms with Crippen LogP contribution in [0.25, 0.3) is 11.0 Å². The van der Waals surface area contributed by atoms with E-state index in [0.29, 0.717) is 11.7 Å². The molecule has 0 bridgehead atoms. The molecule has 19 heavy (non-hydrogen) atoms. The van der Waals surface area contributed by atoms with Gasteiger partial charge in [-0.05, 0) is 18.4 Å². The number of hydrazone groups is 1. The molecule has 0 aliphatic rings. The molecule has 0 saturated heterocycles. The van der Waals surface area contributed by atoms with Crippen LogP contribution in [0.5, 0.6) is 5.75 Å². The number of fused-ring (bicyclic) bond motifs is 1. The van der Waals surface area contributed by atoms with Gasteiger partial charge in [0, 0.05) is 7.05 Å². The Morgan fingerprint density at radius 1 is 1.53 bits per heavy atom. The molecule has 0 aliphatic carbocycles. The lowest BCUT2D eigenvalue weighted by atomic mass is 10.3. The minimum Gasteiger partial charge on any atom is -0.494 e. The molecular weight excluding hydrogens is 264 g/mol. The first-order chi connectivity index (χ1) is 9.13. The van der Waals surface area contributed by atoms with Crippen molar-refractivity contribution in [3.8, 4) is 5.75 Å². The predicted molar refractivity (Wildman–Crippen MR) is 77.0 cm³/mol. The Bertz CT molecular complexity index is 621. The quantitative estimate of drug-likeness (QED) is 0.276. The lowest BCUT2D eigenvalue weighted by Crippen LogP contribution is -2.39. The third-order valence-corrected chi connectivity index (χ3v) is 3.29. The van der Waals surface area contributed by atoms with E-state index >= 15 is 0 Å². The summed E-state index contributed by atoms with van der Waals surface area (Å²) in [5.41, 5.74) is 1.59. The summed E-state index contributed by atoms with van der Waals surface area (Å²) >= 11 is 1.48. The molecule has 1 aromatic carbocycles. The summed E-state index contributed by atoms with van der Waals surface area (Å²) in [5, 5.41) is 5.82. The van der Waals surface area contributed by atoms with Crippen molar-refractivity contribution in [1.29, 1.82) is 0 Å². The van der Waals surface area contributed by atoms with E-state index in [9.17, 15) is 0 Å². The van der Waals surface area contributed by atoms with Crippen molar-refractivity contribution in [1.82, 2.24) is 14.6 Å². The van der Waals surface area contributed by atoms with Crippen molar-refractivity contribution in [3.63, 3.8) is 0 Å². The van der Waals surface area contributed by atoms with Gasteiger partial charge in [-0.3, -0.25) is 9.58 Å². The SMILES string of the molecule is COc1cccc2c1nc(SC)n2/C(=N/N)N(C)N. The largest absolute Gasteiger partial charge is 0.494 e. The fourth-order valence-corrected chi connectivity index (χ4v) is 2.40. The molecule has 2 aromatic rings. The van der Waals surface area contributed by atoms with E-state index in [-0.39, 0.29) is 0 Å². The summed E-state index contributed by atoms with van der Waals surface area (Å²) in [7, 11) is 3.28. The lowest BCUT2D eigenvalue weighted by molar-refractivity contribution is 0.419. The molecule has 7 nitrogen and oxygen atoms in total. The van der Waals surface area contributed by atoms with E-state index in [2.05, 4.69) is 10.1 Å². The number of aromatic nitrogens is 2. The van der Waals surface area contributed by atoms with Crippen molar-refractivity contribution in [2.75, 3.05) is 20.4 Å². The number of benzene rings is 1. The zero-order valence-corrected chi connectivity index (χ0v) is 11.8. The lowest BCUT2D eigenvalue weighted by Gasteiger charge is -2.16. The minimum atomic E-state index is 0.403. The third kappa shape index (κ3) is 2.20. The van der Waals surface area contributed by atoms with E-state index in [0.717, 1.165) is 16.2 Å². The van der Waals surface area contributed by atoms with Gasteiger partial charge in [0.15, 0.2) is 5.16 Å². The fourth-order valence-electron chi connectivity index (χ4n) is 1.85. The highest BCUT2D eigenvalue weighted by Crippen LogP contribution is 2.29. The van der Waals surface area contributed by atoms with Crippen LogP contribution >= 0.6 is 11.8 Å². The minimum absolute atomic E-state index is 0.403. The van der Waals surface area contributed by atoms with Gasteiger partial charge in [-0.2, -0.15) is 0 Å². The number of methoxy groups -OCH3 is 1. The standard InChI is InChI=1S/C11H16N6OS/c1-16(13)10(15-12)17-7-5-4-6-8(18-2)9(7)14-11(17)19-3/h4-6H,12-13H2,1-3H3/b15-10+. The topological polar surface area (TPSA) is 94.7 Å². The van der Waals surface area contributed by atoms with Gasteiger partial charge in [-0.1, -0.05) is 17.8 Å². The number of rotatable bonds is 2. The number of nitrogens with two attached hydrogens (primary N) is 2. The molecule has 0 unspecified atom stereocenters. The molecule has 0 spiro atoms. The van der Waals surface area contributed by atoms with Crippen LogP contribution in [0.3, 0.4) is 0 Å². The number of hydrogen-bond acceptors (Lipinski definition) is 6. The molecule has 0 saturated carbocycles. The van der Waals surface area contributed by atoms with Crippen LogP contribution in [-0.2, 0) is 0 Å². The van der Waals surface area contributed by atoms with Crippen molar-refractivity contribution >= 4 is 28.8 Å². The van der Waals surface area contributed by atoms with Crippen LogP contribution in [0.2, 0.25) is 0 Å². The van der Waals surface area contributed by atoms with Crippen LogP contribution in [0.15, 0.2) is 28.5 Å². The molecule has 0 radical (unpaired) electrons. The summed E-state index contributed by atoms with van der Waals surface area (Å²) < 4.78 is 7.11. The number of para-hydroxylation sites is 1. The van der Waals surface area contributed by atoms with Crippen molar-refractivity contribution < 1.29 is 4.74 Å². The van der Waals surface area contributed by atoms with E-state index in [4.69, 9.17) is 16.4 Å². The smallest absolute Gasteiger partial charge is 0.243 e. The van der Waals surface area contributed by atoms with Gasteiger partial charge >= 0.3 is 0 Å². The van der Waals surface area contributed by atoms with E-state index < -0.39 is 0 Å². The highest BCUT2D eigenvalue weighted by molar-refractivity contribution is 7.98. The maximum absolute atomic E-state index is 5.76. The van der Waals surface area contributed by atoms with E-state index in [1.165, 1.54) is 16.8 Å². The summed E-state index contributed by atoms with van der Waals surface area (Å²) in [6, 6.07) is 5.66. The number of hydrogen-bond donors (Lipinski definition) is 2. The van der Waals surface area contributed by atoms with Gasteiger partial charge in [0.2, 0.25) is 5.96 Å². The molecule has 102 valence electrons. The Hall–Kier alpha value is -1.93. The van der Waals surface area contributed by atoms with Crippen LogP contribution in [-0.4, -0.2) is 40.9 Å². The summed E-state index contributed by atoms with van der Waals surface area (Å²) in [5.74, 6) is 12.3. The molecule has 2 rings (SSSR count). The second-order valence-corrected chi connectivity index (χ2v) is 4.58.